The van der Waals surface area contributed by atoms with Crippen molar-refractivity contribution in [1.29, 1.82) is 0 Å². The van der Waals surface area contributed by atoms with E-state index in [0.29, 0.717) is 0 Å². The van der Waals surface area contributed by atoms with Crippen molar-refractivity contribution in [3.05, 3.63) is 510 Å². The quantitative estimate of drug-likeness (QED) is 0.0400. The van der Waals surface area contributed by atoms with Gasteiger partial charge in [-0.3, -0.25) is 0 Å². The molecule has 0 bridgehead atoms. The van der Waals surface area contributed by atoms with Gasteiger partial charge in [0.05, 0.1) is 17.9 Å². The third-order valence-corrected chi connectivity index (χ3v) is 41.3. The highest BCUT2D eigenvalue weighted by Gasteiger charge is 2.49. The molecule has 17 aromatic carbocycles. The Morgan fingerprint density at radius 3 is 0.408 bits per heavy atom. The SMILES string of the molecule is Cc1cc(C(c2ccc(C(c3cc(C)c(O[Si](c4ccccc4)(c4ccccc4)c4ccccc4)c(Br)c3)c3cc(C)c(O[Si](c4ccccc4)(c4ccccc4)c4ccccc4)c(Br)c3)cc2)c2cc(C)c(O[Si](c3ccccc3)(c3ccccc3)c3ccccc3)c(Br)c2)cc(Br)c1O[Si](c1ccccc1)(c1ccccc1)c1ccccc1. The van der Waals surface area contributed by atoms with Gasteiger partial charge in [-0.2, -0.15) is 0 Å². The fourth-order valence-corrected chi connectivity index (χ4v) is 36.5. The summed E-state index contributed by atoms with van der Waals surface area (Å²) in [5, 5.41) is 13.7. The third-order valence-electron chi connectivity index (χ3n) is 23.1. The van der Waals surface area contributed by atoms with Gasteiger partial charge in [-0.1, -0.05) is 413 Å². The number of halogens is 4. The lowest BCUT2D eigenvalue weighted by Crippen LogP contribution is -2.71. The van der Waals surface area contributed by atoms with Gasteiger partial charge in [0.2, 0.25) is 0 Å². The minimum atomic E-state index is -3.28. The Hall–Kier alpha value is -11.3. The highest BCUT2D eigenvalue weighted by molar-refractivity contribution is 9.11. The van der Waals surface area contributed by atoms with E-state index >= 15 is 0 Å². The number of benzene rings is 17. The van der Waals surface area contributed by atoms with Crippen LogP contribution in [0.25, 0.3) is 0 Å². The molecule has 120 heavy (non-hydrogen) atoms. The largest absolute Gasteiger partial charge is 0.529 e. The van der Waals surface area contributed by atoms with Gasteiger partial charge in [0.25, 0.3) is 0 Å². The second-order valence-electron chi connectivity index (χ2n) is 30.7. The number of aryl methyl sites for hydroxylation is 4. The molecule has 0 radical (unpaired) electrons. The zero-order valence-electron chi connectivity index (χ0n) is 66.9. The van der Waals surface area contributed by atoms with Gasteiger partial charge in [-0.25, -0.2) is 0 Å². The maximum Gasteiger partial charge on any atom is 0.346 e. The Bertz CT molecular complexity index is 5120. The van der Waals surface area contributed by atoms with Crippen molar-refractivity contribution >= 4 is 159 Å². The van der Waals surface area contributed by atoms with Crippen LogP contribution in [-0.4, -0.2) is 33.3 Å². The highest BCUT2D eigenvalue weighted by atomic mass is 79.9. The Kier molecular flexibility index (Phi) is 24.3. The van der Waals surface area contributed by atoms with Crippen LogP contribution >= 0.6 is 63.7 Å². The maximum absolute atomic E-state index is 7.97. The molecule has 4 nitrogen and oxygen atoms in total. The van der Waals surface area contributed by atoms with Crippen LogP contribution in [-0.2, 0) is 0 Å². The fourth-order valence-electron chi connectivity index (χ4n) is 17.6. The molecular formula is C108H86Br4O4Si4. The minimum absolute atomic E-state index is 0.323. The summed E-state index contributed by atoms with van der Waals surface area (Å²) in [6, 6.07) is 158. The van der Waals surface area contributed by atoms with Gasteiger partial charge in [-0.15, -0.1) is 0 Å². The number of hydrogen-bond donors (Lipinski definition) is 0. The van der Waals surface area contributed by atoms with Crippen molar-refractivity contribution < 1.29 is 17.7 Å². The third kappa shape index (κ3) is 15.8. The molecule has 0 spiro atoms. The van der Waals surface area contributed by atoms with E-state index in [1.807, 2.05) is 0 Å². The summed E-state index contributed by atoms with van der Waals surface area (Å²) < 4.78 is 35.3. The Morgan fingerprint density at radius 1 is 0.167 bits per heavy atom. The standard InChI is InChI=1S/C108H86Br4O4Si4/c1-77-69-83(73-99(109)105(77)113-117(87-41-17-5-18-42-87,88-43-19-6-20-44-88)89-45-21-7-22-46-89)103(84-70-78(2)106(100(110)74-84)114-118(90-47-23-8-24-48-90,91-49-25-9-26-50-91)92-51-27-10-28-52-92)81-65-67-82(68-66-81)104(85-71-79(3)107(101(111)75-85)115-119(93-53-29-11-30-54-93,94-55-31-12-32-56-94)95-57-33-13-34-58-95)86-72-80(4)108(102(112)76-86)116-120(96-59-35-14-36-60-96,97-61-37-15-38-62-97)98-63-39-16-40-64-98/h5-76,103-104H,1-4H3. The molecule has 586 valence electrons. The van der Waals surface area contributed by atoms with Gasteiger partial charge in [0.15, 0.2) is 0 Å². The maximum atomic E-state index is 7.97. The first-order chi connectivity index (χ1) is 58.8. The second kappa shape index (κ2) is 36.0. The smallest absolute Gasteiger partial charge is 0.346 e. The molecule has 0 aliphatic rings. The monoisotopic (exact) mass is 1870 g/mol. The van der Waals surface area contributed by atoms with E-state index in [9.17, 15) is 0 Å². The topological polar surface area (TPSA) is 36.9 Å². The van der Waals surface area contributed by atoms with E-state index in [2.05, 4.69) is 528 Å². The lowest BCUT2D eigenvalue weighted by Gasteiger charge is -2.35. The molecule has 0 heterocycles. The molecule has 0 fully saturated rings. The lowest BCUT2D eigenvalue weighted by molar-refractivity contribution is 0.566. The summed E-state index contributed by atoms with van der Waals surface area (Å²) in [6.07, 6.45) is 0. The molecule has 0 unspecified atom stereocenters. The summed E-state index contributed by atoms with van der Waals surface area (Å²) in [7, 11) is -13.1. The van der Waals surface area contributed by atoms with Crippen molar-refractivity contribution in [2.75, 3.05) is 0 Å². The van der Waals surface area contributed by atoms with Crippen LogP contribution in [0.15, 0.2) is 455 Å². The predicted octanol–water partition coefficient (Wildman–Crippen LogP) is 20.5. The Morgan fingerprint density at radius 2 is 0.292 bits per heavy atom. The van der Waals surface area contributed by atoms with Crippen LogP contribution in [0.5, 0.6) is 23.0 Å². The van der Waals surface area contributed by atoms with E-state index in [-0.39, 0.29) is 11.8 Å². The van der Waals surface area contributed by atoms with E-state index in [4.69, 9.17) is 17.7 Å². The lowest BCUT2D eigenvalue weighted by atomic mass is 9.80. The van der Waals surface area contributed by atoms with Crippen molar-refractivity contribution in [2.45, 2.75) is 39.5 Å². The second-order valence-corrected chi connectivity index (χ2v) is 47.3. The van der Waals surface area contributed by atoms with E-state index in [0.717, 1.165) is 159 Å². The fraction of sp³-hybridized carbons (Fsp3) is 0.0556. The van der Waals surface area contributed by atoms with Crippen LogP contribution in [0.3, 0.4) is 0 Å². The summed E-state index contributed by atoms with van der Waals surface area (Å²) in [5.41, 5.74) is 10.5. The van der Waals surface area contributed by atoms with Gasteiger partial charge in [-0.05, 0) is 234 Å². The molecule has 0 aromatic heterocycles. The first-order valence-corrected chi connectivity index (χ1v) is 51.3. The van der Waals surface area contributed by atoms with Crippen LogP contribution in [0.4, 0.5) is 0 Å². The molecule has 17 rings (SSSR count). The Labute approximate surface area is 742 Å². The molecule has 0 N–H and O–H groups in total. The van der Waals surface area contributed by atoms with Crippen molar-refractivity contribution in [2.24, 2.45) is 0 Å². The molecule has 0 saturated heterocycles. The average Bonchev–Trinajstić information content (AvgIpc) is 0.751. The molecule has 0 aliphatic heterocycles. The van der Waals surface area contributed by atoms with Crippen molar-refractivity contribution in [3.63, 3.8) is 0 Å². The zero-order valence-corrected chi connectivity index (χ0v) is 77.2. The highest BCUT2D eigenvalue weighted by Crippen LogP contribution is 2.46. The van der Waals surface area contributed by atoms with Crippen LogP contribution in [0.1, 0.15) is 67.5 Å². The number of rotatable bonds is 26. The predicted molar refractivity (Wildman–Crippen MR) is 522 cm³/mol. The summed E-state index contributed by atoms with van der Waals surface area (Å²) in [4.78, 5) is 0. The van der Waals surface area contributed by atoms with Gasteiger partial charge >= 0.3 is 33.3 Å². The van der Waals surface area contributed by atoms with Crippen LogP contribution < -0.4 is 79.9 Å². The van der Waals surface area contributed by atoms with Crippen molar-refractivity contribution in [1.82, 2.24) is 0 Å². The molecule has 0 amide bonds. The van der Waals surface area contributed by atoms with Crippen LogP contribution in [0.2, 0.25) is 0 Å². The Balaban J connectivity index is 0.847. The summed E-state index contributed by atoms with van der Waals surface area (Å²) in [5.74, 6) is 2.53. The first kappa shape index (κ1) is 81.1. The molecular weight excluding hydrogens is 1790 g/mol. The normalized spacial score (nSPS) is 11.8. The van der Waals surface area contributed by atoms with Gasteiger partial charge < -0.3 is 17.7 Å². The molecule has 12 heteroatoms. The van der Waals surface area contributed by atoms with E-state index < -0.39 is 33.3 Å². The number of hydrogen-bond acceptors (Lipinski definition) is 4. The first-order valence-electron chi connectivity index (χ1n) is 40.5. The van der Waals surface area contributed by atoms with E-state index in [1.54, 1.807) is 0 Å². The zero-order chi connectivity index (χ0) is 82.2. The van der Waals surface area contributed by atoms with Crippen molar-refractivity contribution in [3.8, 4) is 23.0 Å². The summed E-state index contributed by atoms with van der Waals surface area (Å²) in [6.45, 7) is 8.78. The van der Waals surface area contributed by atoms with Gasteiger partial charge in [0.1, 0.15) is 23.0 Å². The average molecular weight is 1880 g/mol. The molecule has 0 atom stereocenters. The van der Waals surface area contributed by atoms with Gasteiger partial charge in [0, 0.05) is 11.8 Å². The van der Waals surface area contributed by atoms with Crippen LogP contribution in [0, 0.1) is 27.7 Å². The summed E-state index contributed by atoms with van der Waals surface area (Å²) >= 11 is 17.2. The molecule has 0 saturated carbocycles. The molecule has 17 aromatic rings. The molecule has 0 aliphatic carbocycles. The minimum Gasteiger partial charge on any atom is -0.529 e. The van der Waals surface area contributed by atoms with E-state index in [1.165, 1.54) is 0 Å².